The van der Waals surface area contributed by atoms with E-state index >= 15 is 0 Å². The van der Waals surface area contributed by atoms with Crippen LogP contribution in [-0.2, 0) is 0 Å². The summed E-state index contributed by atoms with van der Waals surface area (Å²) in [5.74, 6) is 0.758. The first-order valence-corrected chi connectivity index (χ1v) is 4.95. The molecule has 1 aromatic heterocycles. The van der Waals surface area contributed by atoms with Gasteiger partial charge >= 0.3 is 0 Å². The van der Waals surface area contributed by atoms with Gasteiger partial charge in [0.25, 0.3) is 0 Å². The molecule has 4 heteroatoms. The molecule has 0 radical (unpaired) electrons. The fourth-order valence-corrected chi connectivity index (χ4v) is 1.41. The second kappa shape index (κ2) is 3.77. The van der Waals surface area contributed by atoms with Crippen molar-refractivity contribution >= 4 is 5.69 Å². The number of rotatable bonds is 3. The lowest BCUT2D eigenvalue weighted by molar-refractivity contribution is 0.303. The fourth-order valence-electron chi connectivity index (χ4n) is 1.41. The lowest BCUT2D eigenvalue weighted by Crippen LogP contribution is -2.14. The van der Waals surface area contributed by atoms with Gasteiger partial charge in [0.1, 0.15) is 17.5 Å². The maximum atomic E-state index is 8.95. The normalized spacial score (nSPS) is 14.5. The van der Waals surface area contributed by atoms with Crippen LogP contribution >= 0.6 is 0 Å². The molecule has 1 aliphatic rings. The SMILES string of the molecule is CN(C)c1c(OC2CC2)ccnc1C#N. The molecule has 1 heterocycles. The predicted molar refractivity (Wildman–Crippen MR) is 56.9 cm³/mol. The Balaban J connectivity index is 2.38. The van der Waals surface area contributed by atoms with Gasteiger partial charge in [-0.25, -0.2) is 4.98 Å². The number of nitriles is 1. The van der Waals surface area contributed by atoms with Gasteiger partial charge in [-0.05, 0) is 12.8 Å². The Morgan fingerprint density at radius 1 is 1.53 bits per heavy atom. The van der Waals surface area contributed by atoms with Gasteiger partial charge in [0.05, 0.1) is 6.10 Å². The standard InChI is InChI=1S/C11H13N3O/c1-14(2)11-9(7-12)13-6-5-10(11)15-8-3-4-8/h5-6,8H,3-4H2,1-2H3. The number of hydrogen-bond acceptors (Lipinski definition) is 4. The maximum absolute atomic E-state index is 8.95. The van der Waals surface area contributed by atoms with E-state index in [4.69, 9.17) is 10.00 Å². The summed E-state index contributed by atoms with van der Waals surface area (Å²) in [5, 5.41) is 8.95. The Hall–Kier alpha value is -1.76. The van der Waals surface area contributed by atoms with Crippen LogP contribution < -0.4 is 9.64 Å². The van der Waals surface area contributed by atoms with Crippen molar-refractivity contribution in [3.05, 3.63) is 18.0 Å². The number of aromatic nitrogens is 1. The summed E-state index contributed by atoms with van der Waals surface area (Å²) in [5.41, 5.74) is 1.19. The van der Waals surface area contributed by atoms with Crippen LogP contribution in [0, 0.1) is 11.3 Å². The Kier molecular flexibility index (Phi) is 2.46. The minimum absolute atomic E-state index is 0.331. The third-order valence-electron chi connectivity index (χ3n) is 2.26. The summed E-state index contributed by atoms with van der Waals surface area (Å²) in [6, 6.07) is 3.89. The van der Waals surface area contributed by atoms with Crippen LogP contribution in [0.25, 0.3) is 0 Å². The van der Waals surface area contributed by atoms with Gasteiger partial charge in [-0.15, -0.1) is 0 Å². The smallest absolute Gasteiger partial charge is 0.167 e. The largest absolute Gasteiger partial charge is 0.488 e. The topological polar surface area (TPSA) is 49.1 Å². The highest BCUT2D eigenvalue weighted by molar-refractivity contribution is 5.64. The highest BCUT2D eigenvalue weighted by atomic mass is 16.5. The van der Waals surface area contributed by atoms with E-state index in [9.17, 15) is 0 Å². The summed E-state index contributed by atoms with van der Waals surface area (Å²) in [6.45, 7) is 0. The van der Waals surface area contributed by atoms with Gasteiger partial charge in [-0.3, -0.25) is 0 Å². The van der Waals surface area contributed by atoms with Crippen molar-refractivity contribution in [2.45, 2.75) is 18.9 Å². The Labute approximate surface area is 89.1 Å². The van der Waals surface area contributed by atoms with E-state index in [-0.39, 0.29) is 0 Å². The molecule has 78 valence electrons. The van der Waals surface area contributed by atoms with Crippen LogP contribution in [0.1, 0.15) is 18.5 Å². The molecule has 0 amide bonds. The highest BCUT2D eigenvalue weighted by Crippen LogP contribution is 2.34. The van der Waals surface area contributed by atoms with Crippen LogP contribution in [0.2, 0.25) is 0 Å². The second-order valence-electron chi connectivity index (χ2n) is 3.83. The quantitative estimate of drug-likeness (QED) is 0.748. The minimum atomic E-state index is 0.331. The zero-order chi connectivity index (χ0) is 10.8. The average Bonchev–Trinajstić information content (AvgIpc) is 3.01. The number of pyridine rings is 1. The maximum Gasteiger partial charge on any atom is 0.167 e. The molecule has 1 aromatic rings. The van der Waals surface area contributed by atoms with Gasteiger partial charge < -0.3 is 9.64 Å². The lowest BCUT2D eigenvalue weighted by Gasteiger charge is -2.18. The first kappa shape index (κ1) is 9.78. The monoisotopic (exact) mass is 203 g/mol. The van der Waals surface area contributed by atoms with Crippen molar-refractivity contribution in [3.8, 4) is 11.8 Å². The zero-order valence-corrected chi connectivity index (χ0v) is 8.90. The molecule has 0 atom stereocenters. The van der Waals surface area contributed by atoms with Crippen LogP contribution in [0.3, 0.4) is 0 Å². The molecule has 0 aliphatic heterocycles. The van der Waals surface area contributed by atoms with Crippen molar-refractivity contribution < 1.29 is 4.74 Å². The number of anilines is 1. The molecular formula is C11H13N3O. The van der Waals surface area contributed by atoms with E-state index in [0.29, 0.717) is 11.8 Å². The molecule has 2 rings (SSSR count). The van der Waals surface area contributed by atoms with Gasteiger partial charge in [-0.1, -0.05) is 0 Å². The number of ether oxygens (including phenoxy) is 1. The third kappa shape index (κ3) is 2.01. The number of nitrogens with zero attached hydrogens (tertiary/aromatic N) is 3. The van der Waals surface area contributed by atoms with Gasteiger partial charge in [0, 0.05) is 26.4 Å². The van der Waals surface area contributed by atoms with E-state index < -0.39 is 0 Å². The van der Waals surface area contributed by atoms with E-state index in [1.54, 1.807) is 6.20 Å². The lowest BCUT2D eigenvalue weighted by atomic mass is 10.2. The second-order valence-corrected chi connectivity index (χ2v) is 3.83. The predicted octanol–water partition coefficient (Wildman–Crippen LogP) is 1.56. The molecule has 1 fully saturated rings. The van der Waals surface area contributed by atoms with E-state index in [2.05, 4.69) is 11.1 Å². The average molecular weight is 203 g/mol. The number of hydrogen-bond donors (Lipinski definition) is 0. The van der Waals surface area contributed by atoms with E-state index in [1.807, 2.05) is 25.1 Å². The summed E-state index contributed by atoms with van der Waals surface area (Å²) in [7, 11) is 3.77. The van der Waals surface area contributed by atoms with E-state index in [0.717, 1.165) is 24.3 Å². The van der Waals surface area contributed by atoms with Gasteiger partial charge in [-0.2, -0.15) is 5.26 Å². The Morgan fingerprint density at radius 2 is 2.27 bits per heavy atom. The van der Waals surface area contributed by atoms with Crippen molar-refractivity contribution in [2.24, 2.45) is 0 Å². The molecular weight excluding hydrogens is 190 g/mol. The Bertz CT molecular complexity index is 405. The summed E-state index contributed by atoms with van der Waals surface area (Å²) < 4.78 is 5.73. The van der Waals surface area contributed by atoms with Crippen molar-refractivity contribution in [1.82, 2.24) is 4.98 Å². The molecule has 0 saturated heterocycles. The van der Waals surface area contributed by atoms with E-state index in [1.165, 1.54) is 0 Å². The molecule has 15 heavy (non-hydrogen) atoms. The first-order chi connectivity index (χ1) is 7.22. The van der Waals surface area contributed by atoms with Crippen LogP contribution in [0.4, 0.5) is 5.69 Å². The third-order valence-corrected chi connectivity index (χ3v) is 2.26. The fraction of sp³-hybridized carbons (Fsp3) is 0.455. The van der Waals surface area contributed by atoms with Gasteiger partial charge in [0.15, 0.2) is 5.69 Å². The van der Waals surface area contributed by atoms with Crippen LogP contribution in [0.5, 0.6) is 5.75 Å². The summed E-state index contributed by atoms with van der Waals surface area (Å²) in [6.07, 6.45) is 4.16. The van der Waals surface area contributed by atoms with Gasteiger partial charge in [0.2, 0.25) is 0 Å². The van der Waals surface area contributed by atoms with Crippen LogP contribution in [0.15, 0.2) is 12.3 Å². The molecule has 0 spiro atoms. The molecule has 1 aliphatic carbocycles. The molecule has 1 saturated carbocycles. The zero-order valence-electron chi connectivity index (χ0n) is 8.90. The van der Waals surface area contributed by atoms with Crippen molar-refractivity contribution in [1.29, 1.82) is 5.26 Å². The molecule has 4 nitrogen and oxygen atoms in total. The molecule has 0 aromatic carbocycles. The molecule has 0 bridgehead atoms. The van der Waals surface area contributed by atoms with Crippen molar-refractivity contribution in [2.75, 3.05) is 19.0 Å². The molecule has 0 unspecified atom stereocenters. The van der Waals surface area contributed by atoms with Crippen LogP contribution in [-0.4, -0.2) is 25.2 Å². The Morgan fingerprint density at radius 3 is 2.80 bits per heavy atom. The first-order valence-electron chi connectivity index (χ1n) is 4.95. The summed E-state index contributed by atoms with van der Waals surface area (Å²) >= 11 is 0. The summed E-state index contributed by atoms with van der Waals surface area (Å²) in [4.78, 5) is 5.89. The molecule has 0 N–H and O–H groups in total. The minimum Gasteiger partial charge on any atom is -0.488 e. The highest BCUT2D eigenvalue weighted by Gasteiger charge is 2.25. The van der Waals surface area contributed by atoms with Crippen molar-refractivity contribution in [3.63, 3.8) is 0 Å².